The normalized spacial score (nSPS) is 11.3. The first-order valence-corrected chi connectivity index (χ1v) is 8.18. The van der Waals surface area contributed by atoms with Crippen molar-refractivity contribution in [1.29, 1.82) is 0 Å². The lowest BCUT2D eigenvalue weighted by Crippen LogP contribution is -2.10. The fraction of sp³-hybridized carbons (Fsp3) is 0.222. The summed E-state index contributed by atoms with van der Waals surface area (Å²) in [5, 5.41) is 4.20. The SMILES string of the molecule is CCn1c(-n2ncnc2N)nc2cncc(-c3cccc(C)c3C)c21. The highest BCUT2D eigenvalue weighted by Crippen LogP contribution is 2.32. The average Bonchev–Trinajstić information content (AvgIpc) is 3.19. The molecule has 0 bridgehead atoms. The Hall–Kier alpha value is -3.22. The number of fused-ring (bicyclic) bond motifs is 1. The van der Waals surface area contributed by atoms with Crippen molar-refractivity contribution in [3.8, 4) is 17.1 Å². The molecule has 7 heteroatoms. The standard InChI is InChI=1S/C18H19N7/c1-4-24-16-14(13-7-5-6-11(2)12(13)3)8-20-9-15(16)23-18(24)25-17(19)21-10-22-25/h5-10H,4H2,1-3H3,(H2,19,21,22). The van der Waals surface area contributed by atoms with E-state index in [4.69, 9.17) is 10.7 Å². The molecule has 126 valence electrons. The molecule has 3 aromatic heterocycles. The van der Waals surface area contributed by atoms with Crippen molar-refractivity contribution in [3.63, 3.8) is 0 Å². The minimum Gasteiger partial charge on any atom is -0.368 e. The van der Waals surface area contributed by atoms with Crippen LogP contribution in [0.5, 0.6) is 0 Å². The highest BCUT2D eigenvalue weighted by atomic mass is 15.4. The van der Waals surface area contributed by atoms with Gasteiger partial charge in [-0.3, -0.25) is 4.98 Å². The molecule has 0 spiro atoms. The Morgan fingerprint density at radius 1 is 1.12 bits per heavy atom. The van der Waals surface area contributed by atoms with E-state index in [2.05, 4.69) is 58.6 Å². The first-order valence-electron chi connectivity index (χ1n) is 8.18. The molecule has 0 radical (unpaired) electrons. The highest BCUT2D eigenvalue weighted by molar-refractivity contribution is 5.93. The number of imidazole rings is 1. The van der Waals surface area contributed by atoms with E-state index in [1.54, 1.807) is 10.9 Å². The van der Waals surface area contributed by atoms with Crippen molar-refractivity contribution in [2.45, 2.75) is 27.3 Å². The van der Waals surface area contributed by atoms with Gasteiger partial charge < -0.3 is 10.3 Å². The van der Waals surface area contributed by atoms with Gasteiger partial charge in [0.05, 0.1) is 11.7 Å². The van der Waals surface area contributed by atoms with Crippen LogP contribution in [0.15, 0.2) is 36.9 Å². The van der Waals surface area contributed by atoms with Crippen molar-refractivity contribution >= 4 is 17.0 Å². The summed E-state index contributed by atoms with van der Waals surface area (Å²) in [5.74, 6) is 0.957. The van der Waals surface area contributed by atoms with Gasteiger partial charge in [0.25, 0.3) is 0 Å². The first-order chi connectivity index (χ1) is 12.1. The number of hydrogen-bond acceptors (Lipinski definition) is 5. The van der Waals surface area contributed by atoms with Crippen molar-refractivity contribution in [3.05, 3.63) is 48.0 Å². The number of benzene rings is 1. The van der Waals surface area contributed by atoms with Crippen molar-refractivity contribution in [1.82, 2.24) is 29.3 Å². The van der Waals surface area contributed by atoms with Gasteiger partial charge >= 0.3 is 0 Å². The van der Waals surface area contributed by atoms with Gasteiger partial charge in [-0.1, -0.05) is 18.2 Å². The zero-order valence-corrected chi connectivity index (χ0v) is 14.4. The van der Waals surface area contributed by atoms with Gasteiger partial charge in [-0.25, -0.2) is 4.98 Å². The van der Waals surface area contributed by atoms with E-state index in [-0.39, 0.29) is 0 Å². The summed E-state index contributed by atoms with van der Waals surface area (Å²) in [6.45, 7) is 7.05. The minimum absolute atomic E-state index is 0.311. The van der Waals surface area contributed by atoms with Crippen LogP contribution in [0.25, 0.3) is 28.1 Å². The monoisotopic (exact) mass is 333 g/mol. The Morgan fingerprint density at radius 2 is 1.96 bits per heavy atom. The molecule has 0 atom stereocenters. The van der Waals surface area contributed by atoms with Gasteiger partial charge in [0, 0.05) is 18.3 Å². The van der Waals surface area contributed by atoms with Crippen LogP contribution in [0, 0.1) is 13.8 Å². The second-order valence-corrected chi connectivity index (χ2v) is 5.99. The molecule has 25 heavy (non-hydrogen) atoms. The molecule has 0 amide bonds. The van der Waals surface area contributed by atoms with Gasteiger partial charge in [-0.05, 0) is 37.5 Å². The number of aromatic nitrogens is 6. The number of anilines is 1. The second-order valence-electron chi connectivity index (χ2n) is 5.99. The number of rotatable bonds is 3. The third-order valence-electron chi connectivity index (χ3n) is 4.60. The number of aryl methyl sites for hydroxylation is 2. The molecule has 0 aliphatic heterocycles. The summed E-state index contributed by atoms with van der Waals surface area (Å²) >= 11 is 0. The second kappa shape index (κ2) is 5.70. The lowest BCUT2D eigenvalue weighted by molar-refractivity contribution is 0.706. The van der Waals surface area contributed by atoms with Gasteiger partial charge in [-0.15, -0.1) is 0 Å². The summed E-state index contributed by atoms with van der Waals surface area (Å²) in [6.07, 6.45) is 5.09. The Bertz CT molecular complexity index is 1070. The van der Waals surface area contributed by atoms with Crippen molar-refractivity contribution in [2.75, 3.05) is 5.73 Å². The van der Waals surface area contributed by atoms with E-state index in [0.717, 1.165) is 28.7 Å². The number of nitrogens with zero attached hydrogens (tertiary/aromatic N) is 6. The Balaban J connectivity index is 2.06. The number of nitrogen functional groups attached to an aromatic ring is 1. The Kier molecular flexibility index (Phi) is 3.49. The molecule has 4 aromatic rings. The number of pyridine rings is 1. The smallest absolute Gasteiger partial charge is 0.235 e. The first kappa shape index (κ1) is 15.3. The molecule has 0 saturated carbocycles. The molecule has 0 saturated heterocycles. The van der Waals surface area contributed by atoms with Crippen LogP contribution in [0.2, 0.25) is 0 Å². The maximum atomic E-state index is 5.93. The van der Waals surface area contributed by atoms with Crippen LogP contribution in [-0.4, -0.2) is 29.3 Å². The molecule has 0 aliphatic rings. The molecular formula is C18H19N7. The van der Waals surface area contributed by atoms with Crippen LogP contribution in [0.4, 0.5) is 5.95 Å². The van der Waals surface area contributed by atoms with Crippen LogP contribution >= 0.6 is 0 Å². The average molecular weight is 333 g/mol. The summed E-state index contributed by atoms with van der Waals surface area (Å²) in [4.78, 5) is 13.1. The minimum atomic E-state index is 0.311. The van der Waals surface area contributed by atoms with E-state index in [1.807, 2.05) is 6.20 Å². The third-order valence-corrected chi connectivity index (χ3v) is 4.60. The Morgan fingerprint density at radius 3 is 2.68 bits per heavy atom. The molecular weight excluding hydrogens is 314 g/mol. The Labute approximate surface area is 145 Å². The van der Waals surface area contributed by atoms with Crippen molar-refractivity contribution in [2.24, 2.45) is 0 Å². The molecule has 0 unspecified atom stereocenters. The molecule has 2 N–H and O–H groups in total. The van der Waals surface area contributed by atoms with Crippen LogP contribution in [0.3, 0.4) is 0 Å². The van der Waals surface area contributed by atoms with Gasteiger partial charge in [0.1, 0.15) is 11.8 Å². The van der Waals surface area contributed by atoms with Gasteiger partial charge in [0.15, 0.2) is 0 Å². The number of hydrogen-bond donors (Lipinski definition) is 1. The van der Waals surface area contributed by atoms with Crippen molar-refractivity contribution < 1.29 is 0 Å². The van der Waals surface area contributed by atoms with Gasteiger partial charge in [-0.2, -0.15) is 14.8 Å². The van der Waals surface area contributed by atoms with E-state index < -0.39 is 0 Å². The fourth-order valence-electron chi connectivity index (χ4n) is 3.18. The van der Waals surface area contributed by atoms with Crippen LogP contribution < -0.4 is 5.73 Å². The molecule has 7 nitrogen and oxygen atoms in total. The lowest BCUT2D eigenvalue weighted by atomic mass is 9.97. The summed E-state index contributed by atoms with van der Waals surface area (Å²) in [6, 6.07) is 6.31. The summed E-state index contributed by atoms with van der Waals surface area (Å²) in [7, 11) is 0. The lowest BCUT2D eigenvalue weighted by Gasteiger charge is -2.12. The summed E-state index contributed by atoms with van der Waals surface area (Å²) in [5.41, 5.74) is 12.5. The van der Waals surface area contributed by atoms with E-state index in [9.17, 15) is 0 Å². The molecule has 0 aliphatic carbocycles. The zero-order chi connectivity index (χ0) is 17.6. The fourth-order valence-corrected chi connectivity index (χ4v) is 3.18. The van der Waals surface area contributed by atoms with E-state index in [1.165, 1.54) is 17.5 Å². The quantitative estimate of drug-likeness (QED) is 0.623. The molecule has 4 rings (SSSR count). The van der Waals surface area contributed by atoms with Gasteiger partial charge in [0.2, 0.25) is 11.9 Å². The predicted octanol–water partition coefficient (Wildman–Crippen LogP) is 2.90. The van der Waals surface area contributed by atoms with Crippen LogP contribution in [0.1, 0.15) is 18.1 Å². The maximum absolute atomic E-state index is 5.93. The summed E-state index contributed by atoms with van der Waals surface area (Å²) < 4.78 is 3.65. The molecule has 1 aromatic carbocycles. The van der Waals surface area contributed by atoms with E-state index in [0.29, 0.717) is 11.9 Å². The topological polar surface area (TPSA) is 87.4 Å². The van der Waals surface area contributed by atoms with Crippen LogP contribution in [-0.2, 0) is 6.54 Å². The predicted molar refractivity (Wildman–Crippen MR) is 97.4 cm³/mol. The highest BCUT2D eigenvalue weighted by Gasteiger charge is 2.19. The number of nitrogens with two attached hydrogens (primary N) is 1. The maximum Gasteiger partial charge on any atom is 0.235 e. The molecule has 0 fully saturated rings. The molecule has 3 heterocycles. The largest absolute Gasteiger partial charge is 0.368 e. The zero-order valence-electron chi connectivity index (χ0n) is 14.4. The van der Waals surface area contributed by atoms with E-state index >= 15 is 0 Å². The third kappa shape index (κ3) is 2.27.